The third kappa shape index (κ3) is 6.42. The van der Waals surface area contributed by atoms with Crippen molar-refractivity contribution in [3.63, 3.8) is 0 Å². The second-order valence-electron chi connectivity index (χ2n) is 8.85. The van der Waals surface area contributed by atoms with Gasteiger partial charge in [-0.05, 0) is 42.5 Å². The number of oxazole rings is 1. The summed E-state index contributed by atoms with van der Waals surface area (Å²) in [5.74, 6) is 3.00. The summed E-state index contributed by atoms with van der Waals surface area (Å²) < 4.78 is 18.4. The number of piperazine rings is 1. The van der Waals surface area contributed by atoms with Gasteiger partial charge < -0.3 is 23.7 Å². The zero-order valence-electron chi connectivity index (χ0n) is 23.4. The fourth-order valence-corrected chi connectivity index (χ4v) is 4.50. The molecule has 1 fully saturated rings. The Morgan fingerprint density at radius 2 is 1.72 bits per heavy atom. The van der Waals surface area contributed by atoms with Crippen LogP contribution >= 0.6 is 0 Å². The quantitative estimate of drug-likeness (QED) is 0.310. The maximum atomic E-state index is 13.0. The number of rotatable bonds is 8. The van der Waals surface area contributed by atoms with E-state index in [1.807, 2.05) is 74.3 Å². The Bertz CT molecular complexity index is 1350. The summed E-state index contributed by atoms with van der Waals surface area (Å²) in [4.78, 5) is 21.4. The van der Waals surface area contributed by atoms with E-state index in [1.54, 1.807) is 25.1 Å². The van der Waals surface area contributed by atoms with Crippen LogP contribution in [-0.2, 0) is 17.8 Å². The number of aryl methyl sites for hydroxylation is 1. The lowest BCUT2D eigenvalue weighted by atomic mass is 10.1. The van der Waals surface area contributed by atoms with Gasteiger partial charge in [-0.15, -0.1) is 0 Å². The molecule has 0 spiro atoms. The van der Waals surface area contributed by atoms with Crippen LogP contribution in [-0.4, -0.2) is 66.0 Å². The van der Waals surface area contributed by atoms with Crippen molar-refractivity contribution in [3.05, 3.63) is 66.8 Å². The molecule has 2 aromatic heterocycles. The number of ether oxygens (including phenoxy) is 2. The highest BCUT2D eigenvalue weighted by atomic mass is 16.5. The first-order valence-electron chi connectivity index (χ1n) is 13.4. The number of nitrogens with zero attached hydrogens (tertiary/aromatic N) is 5. The molecule has 0 N–H and O–H groups in total. The molecule has 4 aromatic rings. The molecular weight excluding hydrogens is 494 g/mol. The molecule has 9 nitrogen and oxygen atoms in total. The zero-order chi connectivity index (χ0) is 27.8. The van der Waals surface area contributed by atoms with Crippen LogP contribution in [0.4, 0.5) is 5.69 Å². The highest BCUT2D eigenvalue weighted by Crippen LogP contribution is 2.34. The minimum Gasteiger partial charge on any atom is -0.497 e. The molecular formula is C30H37N5O4. The van der Waals surface area contributed by atoms with Gasteiger partial charge in [-0.1, -0.05) is 20.8 Å². The normalized spacial score (nSPS) is 13.1. The molecule has 1 saturated heterocycles. The Labute approximate surface area is 230 Å². The Morgan fingerprint density at radius 3 is 2.36 bits per heavy atom. The first kappa shape index (κ1) is 27.8. The van der Waals surface area contributed by atoms with Crippen LogP contribution in [0.5, 0.6) is 11.5 Å². The van der Waals surface area contributed by atoms with Crippen molar-refractivity contribution in [2.24, 2.45) is 0 Å². The predicted molar refractivity (Wildman–Crippen MR) is 152 cm³/mol. The molecule has 5 rings (SSSR count). The number of benzene rings is 2. The van der Waals surface area contributed by atoms with Crippen molar-refractivity contribution in [2.75, 3.05) is 45.3 Å². The van der Waals surface area contributed by atoms with Gasteiger partial charge >= 0.3 is 0 Å². The van der Waals surface area contributed by atoms with Gasteiger partial charge in [0.2, 0.25) is 5.91 Å². The zero-order valence-corrected chi connectivity index (χ0v) is 23.4. The van der Waals surface area contributed by atoms with E-state index in [0.717, 1.165) is 53.5 Å². The highest BCUT2D eigenvalue weighted by Gasteiger charge is 2.23. The molecule has 9 heteroatoms. The maximum absolute atomic E-state index is 13.0. The van der Waals surface area contributed by atoms with Crippen LogP contribution in [0.15, 0.2) is 65.3 Å². The fourth-order valence-electron chi connectivity index (χ4n) is 4.50. The average Bonchev–Trinajstić information content (AvgIpc) is 3.68. The predicted octanol–water partition coefficient (Wildman–Crippen LogP) is 5.16. The molecule has 39 heavy (non-hydrogen) atoms. The van der Waals surface area contributed by atoms with Crippen LogP contribution in [0, 0.1) is 0 Å². The smallest absolute Gasteiger partial charge is 0.244 e. The monoisotopic (exact) mass is 531 g/mol. The molecule has 0 bridgehead atoms. The van der Waals surface area contributed by atoms with Gasteiger partial charge in [0.15, 0.2) is 11.7 Å². The number of carbonyl (C=O) groups is 1. The Morgan fingerprint density at radius 1 is 0.974 bits per heavy atom. The molecule has 0 radical (unpaired) electrons. The van der Waals surface area contributed by atoms with E-state index in [2.05, 4.69) is 21.0 Å². The standard InChI is InChI=1S/C28H31N5O4.C2H6/c1-4-27-29-18-26(37-27)23-10-7-21(17-25(23)36-3)31-13-15-32(16-14-31)28(34)19-33-12-11-24(30-33)20-5-8-22(35-2)9-6-20;1-2/h5-12,17-18H,4,13-16,19H2,1-3H3;1-2H3. The van der Waals surface area contributed by atoms with Gasteiger partial charge in [-0.3, -0.25) is 9.48 Å². The summed E-state index contributed by atoms with van der Waals surface area (Å²) in [6, 6.07) is 15.7. The van der Waals surface area contributed by atoms with Crippen LogP contribution in [0.2, 0.25) is 0 Å². The average molecular weight is 532 g/mol. The Hall–Kier alpha value is -4.27. The summed E-state index contributed by atoms with van der Waals surface area (Å²) in [7, 11) is 3.30. The molecule has 0 atom stereocenters. The van der Waals surface area contributed by atoms with Crippen LogP contribution in [0.1, 0.15) is 26.7 Å². The summed E-state index contributed by atoms with van der Waals surface area (Å²) in [6.45, 7) is 9.01. The third-order valence-corrected chi connectivity index (χ3v) is 6.63. The lowest BCUT2D eigenvalue weighted by Crippen LogP contribution is -2.49. The van der Waals surface area contributed by atoms with Gasteiger partial charge in [0.1, 0.15) is 18.0 Å². The molecule has 0 unspecified atom stereocenters. The number of hydrogen-bond donors (Lipinski definition) is 0. The summed E-state index contributed by atoms with van der Waals surface area (Å²) in [6.07, 6.45) is 4.33. The summed E-state index contributed by atoms with van der Waals surface area (Å²) >= 11 is 0. The van der Waals surface area contributed by atoms with Crippen molar-refractivity contribution in [2.45, 2.75) is 33.7 Å². The van der Waals surface area contributed by atoms with Gasteiger partial charge in [-0.25, -0.2) is 4.98 Å². The molecule has 206 valence electrons. The SMILES string of the molecule is CC.CCc1ncc(-c2ccc(N3CCN(C(=O)Cn4ccc(-c5ccc(OC)cc5)n4)CC3)cc2OC)o1. The van der Waals surface area contributed by atoms with E-state index < -0.39 is 0 Å². The molecule has 1 aliphatic heterocycles. The Kier molecular flexibility index (Phi) is 9.25. The number of hydrogen-bond acceptors (Lipinski definition) is 7. The van der Waals surface area contributed by atoms with Gasteiger partial charge in [0.05, 0.1) is 31.7 Å². The lowest BCUT2D eigenvalue weighted by Gasteiger charge is -2.36. The fraction of sp³-hybridized carbons (Fsp3) is 0.367. The van der Waals surface area contributed by atoms with Crippen molar-refractivity contribution >= 4 is 11.6 Å². The van der Waals surface area contributed by atoms with Gasteiger partial charge in [-0.2, -0.15) is 5.10 Å². The number of anilines is 1. The van der Waals surface area contributed by atoms with E-state index in [1.165, 1.54) is 0 Å². The van der Waals surface area contributed by atoms with E-state index >= 15 is 0 Å². The van der Waals surface area contributed by atoms with Crippen molar-refractivity contribution in [1.82, 2.24) is 19.7 Å². The topological polar surface area (TPSA) is 85.9 Å². The second-order valence-corrected chi connectivity index (χ2v) is 8.85. The molecule has 1 amide bonds. The van der Waals surface area contributed by atoms with Crippen LogP contribution in [0.25, 0.3) is 22.6 Å². The minimum absolute atomic E-state index is 0.0639. The van der Waals surface area contributed by atoms with Crippen molar-refractivity contribution in [3.8, 4) is 34.1 Å². The molecule has 3 heterocycles. The first-order chi connectivity index (χ1) is 19.1. The Balaban J connectivity index is 0.00000172. The number of methoxy groups -OCH3 is 2. The molecule has 0 saturated carbocycles. The second kappa shape index (κ2) is 13.0. The first-order valence-corrected chi connectivity index (χ1v) is 13.4. The summed E-state index contributed by atoms with van der Waals surface area (Å²) in [5, 5.41) is 4.58. The van der Waals surface area contributed by atoms with E-state index in [4.69, 9.17) is 13.9 Å². The minimum atomic E-state index is 0.0639. The third-order valence-electron chi connectivity index (χ3n) is 6.63. The summed E-state index contributed by atoms with van der Waals surface area (Å²) in [5.41, 5.74) is 3.74. The van der Waals surface area contributed by atoms with E-state index in [9.17, 15) is 4.79 Å². The number of amides is 1. The number of aromatic nitrogens is 3. The van der Waals surface area contributed by atoms with Crippen molar-refractivity contribution < 1.29 is 18.7 Å². The largest absolute Gasteiger partial charge is 0.497 e. The lowest BCUT2D eigenvalue weighted by molar-refractivity contribution is -0.132. The van der Waals surface area contributed by atoms with E-state index in [0.29, 0.717) is 24.7 Å². The maximum Gasteiger partial charge on any atom is 0.244 e. The van der Waals surface area contributed by atoms with Crippen LogP contribution < -0.4 is 14.4 Å². The molecule has 0 aliphatic carbocycles. The van der Waals surface area contributed by atoms with Crippen molar-refractivity contribution in [1.29, 1.82) is 0 Å². The van der Waals surface area contributed by atoms with Crippen LogP contribution in [0.3, 0.4) is 0 Å². The van der Waals surface area contributed by atoms with Gasteiger partial charge in [0.25, 0.3) is 0 Å². The van der Waals surface area contributed by atoms with Gasteiger partial charge in [0, 0.05) is 56.1 Å². The molecule has 1 aliphatic rings. The van der Waals surface area contributed by atoms with E-state index in [-0.39, 0.29) is 12.5 Å². The molecule has 2 aromatic carbocycles. The highest BCUT2D eigenvalue weighted by molar-refractivity contribution is 5.76. The number of carbonyl (C=O) groups excluding carboxylic acids is 1.